The van der Waals surface area contributed by atoms with E-state index in [9.17, 15) is 22.0 Å². The first-order valence-corrected chi connectivity index (χ1v) is 8.17. The number of nitrogens with two attached hydrogens (primary N) is 1. The molecule has 0 fully saturated rings. The Labute approximate surface area is 132 Å². The summed E-state index contributed by atoms with van der Waals surface area (Å²) in [6.45, 7) is 0.256. The first-order chi connectivity index (χ1) is 10.8. The van der Waals surface area contributed by atoms with Gasteiger partial charge in [-0.15, -0.1) is 0 Å². The second-order valence-electron chi connectivity index (χ2n) is 4.82. The molecule has 3 N–H and O–H groups in total. The number of carbonyl (C=O) groups is 1. The quantitative estimate of drug-likeness (QED) is 0.866. The van der Waals surface area contributed by atoms with E-state index in [0.717, 1.165) is 17.7 Å². The lowest BCUT2D eigenvalue weighted by molar-refractivity contribution is 0.0953. The Hall–Kier alpha value is -2.32. The molecule has 2 rings (SSSR count). The van der Waals surface area contributed by atoms with Crippen LogP contribution >= 0.6 is 0 Å². The Kier molecular flexibility index (Phi) is 5.07. The Bertz CT molecular complexity index is 821. The number of hydrogen-bond acceptors (Lipinski definition) is 3. The topological polar surface area (TPSA) is 89.3 Å². The van der Waals surface area contributed by atoms with Crippen LogP contribution in [0, 0.1) is 11.6 Å². The molecule has 8 heteroatoms. The molecule has 0 saturated heterocycles. The average Bonchev–Trinajstić information content (AvgIpc) is 2.49. The van der Waals surface area contributed by atoms with Gasteiger partial charge in [-0.25, -0.2) is 22.3 Å². The van der Waals surface area contributed by atoms with E-state index < -0.39 is 27.6 Å². The van der Waals surface area contributed by atoms with Crippen molar-refractivity contribution in [2.45, 2.75) is 11.3 Å². The van der Waals surface area contributed by atoms with Crippen molar-refractivity contribution in [1.82, 2.24) is 5.32 Å². The third-order valence-corrected chi connectivity index (χ3v) is 4.06. The lowest BCUT2D eigenvalue weighted by Crippen LogP contribution is -2.25. The minimum Gasteiger partial charge on any atom is -0.352 e. The fourth-order valence-corrected chi connectivity index (χ4v) is 2.42. The predicted octanol–water partition coefficient (Wildman–Crippen LogP) is 1.58. The van der Waals surface area contributed by atoms with Gasteiger partial charge >= 0.3 is 0 Å². The third-order valence-electron chi connectivity index (χ3n) is 3.13. The molecule has 1 amide bonds. The van der Waals surface area contributed by atoms with Crippen LogP contribution in [-0.4, -0.2) is 20.9 Å². The maximum Gasteiger partial charge on any atom is 0.251 e. The van der Waals surface area contributed by atoms with Gasteiger partial charge in [0.25, 0.3) is 5.91 Å². The van der Waals surface area contributed by atoms with Crippen LogP contribution in [0.25, 0.3) is 0 Å². The third kappa shape index (κ3) is 4.57. The summed E-state index contributed by atoms with van der Waals surface area (Å²) in [5.74, 6) is -2.63. The van der Waals surface area contributed by atoms with Crippen LogP contribution in [0.5, 0.6) is 0 Å². The number of halogens is 2. The summed E-state index contributed by atoms with van der Waals surface area (Å²) < 4.78 is 48.1. The van der Waals surface area contributed by atoms with Crippen molar-refractivity contribution in [2.24, 2.45) is 5.14 Å². The number of nitrogens with one attached hydrogen (secondary N) is 1. The SMILES string of the molecule is NS(=O)(=O)c1ccc(CCNC(=O)c2ccc(F)c(F)c2)cc1. The molecular weight excluding hydrogens is 326 g/mol. The van der Waals surface area contributed by atoms with E-state index in [4.69, 9.17) is 5.14 Å². The maximum absolute atomic E-state index is 13.0. The van der Waals surface area contributed by atoms with E-state index in [1.165, 1.54) is 18.2 Å². The summed E-state index contributed by atoms with van der Waals surface area (Å²) >= 11 is 0. The van der Waals surface area contributed by atoms with Crippen LogP contribution in [0.4, 0.5) is 8.78 Å². The Morgan fingerprint density at radius 1 is 1.04 bits per heavy atom. The molecule has 2 aromatic carbocycles. The summed E-state index contributed by atoms with van der Waals surface area (Å²) in [7, 11) is -3.73. The van der Waals surface area contributed by atoms with Crippen LogP contribution in [-0.2, 0) is 16.4 Å². The molecule has 0 radical (unpaired) electrons. The van der Waals surface area contributed by atoms with E-state index in [1.54, 1.807) is 12.1 Å². The number of carbonyl (C=O) groups excluding carboxylic acids is 1. The minimum absolute atomic E-state index is 0.00655. The molecule has 0 unspecified atom stereocenters. The summed E-state index contributed by atoms with van der Waals surface area (Å²) in [4.78, 5) is 11.8. The van der Waals surface area contributed by atoms with Crippen LogP contribution in [0.15, 0.2) is 47.4 Å². The van der Waals surface area contributed by atoms with Gasteiger partial charge in [0.15, 0.2) is 11.6 Å². The molecule has 0 aromatic heterocycles. The highest BCUT2D eigenvalue weighted by atomic mass is 32.2. The van der Waals surface area contributed by atoms with Crippen LogP contribution in [0.3, 0.4) is 0 Å². The largest absolute Gasteiger partial charge is 0.352 e. The number of rotatable bonds is 5. The molecule has 5 nitrogen and oxygen atoms in total. The first kappa shape index (κ1) is 17.0. The zero-order valence-electron chi connectivity index (χ0n) is 11.9. The molecule has 122 valence electrons. The van der Waals surface area contributed by atoms with Crippen molar-refractivity contribution in [3.63, 3.8) is 0 Å². The Morgan fingerprint density at radius 3 is 2.26 bits per heavy atom. The van der Waals surface area contributed by atoms with Gasteiger partial charge < -0.3 is 5.32 Å². The summed E-state index contributed by atoms with van der Waals surface area (Å²) in [5, 5.41) is 7.56. The van der Waals surface area contributed by atoms with E-state index in [1.807, 2.05) is 0 Å². The lowest BCUT2D eigenvalue weighted by atomic mass is 10.1. The lowest BCUT2D eigenvalue weighted by Gasteiger charge is -2.06. The molecule has 0 aliphatic carbocycles. The predicted molar refractivity (Wildman–Crippen MR) is 80.2 cm³/mol. The monoisotopic (exact) mass is 340 g/mol. The van der Waals surface area contributed by atoms with E-state index >= 15 is 0 Å². The van der Waals surface area contributed by atoms with Gasteiger partial charge in [0.05, 0.1) is 4.90 Å². The Balaban J connectivity index is 1.91. The average molecular weight is 340 g/mol. The fourth-order valence-electron chi connectivity index (χ4n) is 1.91. The van der Waals surface area contributed by atoms with Gasteiger partial charge in [-0.1, -0.05) is 12.1 Å². The highest BCUT2D eigenvalue weighted by molar-refractivity contribution is 7.89. The second-order valence-corrected chi connectivity index (χ2v) is 6.39. The van der Waals surface area contributed by atoms with Crippen molar-refractivity contribution in [2.75, 3.05) is 6.54 Å². The smallest absolute Gasteiger partial charge is 0.251 e. The normalized spacial score (nSPS) is 11.3. The Morgan fingerprint density at radius 2 is 1.70 bits per heavy atom. The van der Waals surface area contributed by atoms with Crippen LogP contribution in [0.2, 0.25) is 0 Å². The van der Waals surface area contributed by atoms with Gasteiger partial charge in [-0.3, -0.25) is 4.79 Å². The van der Waals surface area contributed by atoms with Gasteiger partial charge in [-0.05, 0) is 42.3 Å². The van der Waals surface area contributed by atoms with Crippen molar-refractivity contribution < 1.29 is 22.0 Å². The number of primary sulfonamides is 1. The number of sulfonamides is 1. The molecule has 0 atom stereocenters. The van der Waals surface area contributed by atoms with Gasteiger partial charge in [0.2, 0.25) is 10.0 Å². The minimum atomic E-state index is -3.73. The highest BCUT2D eigenvalue weighted by Crippen LogP contribution is 2.10. The van der Waals surface area contributed by atoms with E-state index in [0.29, 0.717) is 6.42 Å². The number of benzene rings is 2. The standard InChI is InChI=1S/C15H14F2N2O3S/c16-13-6-3-11(9-14(13)17)15(20)19-8-7-10-1-4-12(5-2-10)23(18,21)22/h1-6,9H,7-8H2,(H,19,20)(H2,18,21,22). The zero-order valence-corrected chi connectivity index (χ0v) is 12.7. The molecule has 23 heavy (non-hydrogen) atoms. The van der Waals surface area contributed by atoms with E-state index in [-0.39, 0.29) is 17.0 Å². The fraction of sp³-hybridized carbons (Fsp3) is 0.133. The van der Waals surface area contributed by atoms with Crippen molar-refractivity contribution >= 4 is 15.9 Å². The van der Waals surface area contributed by atoms with Crippen LogP contribution < -0.4 is 10.5 Å². The van der Waals surface area contributed by atoms with E-state index in [2.05, 4.69) is 5.32 Å². The number of hydrogen-bond donors (Lipinski definition) is 2. The molecule has 0 aliphatic heterocycles. The van der Waals surface area contributed by atoms with Gasteiger partial charge in [0.1, 0.15) is 0 Å². The molecule has 0 saturated carbocycles. The van der Waals surface area contributed by atoms with Crippen molar-refractivity contribution in [1.29, 1.82) is 0 Å². The molecule has 0 heterocycles. The number of amides is 1. The van der Waals surface area contributed by atoms with Gasteiger partial charge in [0, 0.05) is 12.1 Å². The molecule has 0 bridgehead atoms. The summed E-state index contributed by atoms with van der Waals surface area (Å²) in [6, 6.07) is 8.83. The summed E-state index contributed by atoms with van der Waals surface area (Å²) in [5.41, 5.74) is 0.816. The molecular formula is C15H14F2N2O3S. The molecule has 0 spiro atoms. The molecule has 0 aliphatic rings. The van der Waals surface area contributed by atoms with Crippen molar-refractivity contribution in [3.8, 4) is 0 Å². The van der Waals surface area contributed by atoms with Crippen LogP contribution in [0.1, 0.15) is 15.9 Å². The second kappa shape index (κ2) is 6.84. The molecule has 2 aromatic rings. The highest BCUT2D eigenvalue weighted by Gasteiger charge is 2.10. The van der Waals surface area contributed by atoms with Gasteiger partial charge in [-0.2, -0.15) is 0 Å². The zero-order chi connectivity index (χ0) is 17.0. The first-order valence-electron chi connectivity index (χ1n) is 6.62. The maximum atomic E-state index is 13.0. The van der Waals surface area contributed by atoms with Crippen molar-refractivity contribution in [3.05, 3.63) is 65.2 Å². The summed E-state index contributed by atoms with van der Waals surface area (Å²) in [6.07, 6.45) is 0.445.